The van der Waals surface area contributed by atoms with Crippen molar-refractivity contribution in [2.75, 3.05) is 31.6 Å². The Morgan fingerprint density at radius 3 is 2.52 bits per heavy atom. The number of ether oxygens (including phenoxy) is 1. The number of carbonyl (C=O) groups is 1. The summed E-state index contributed by atoms with van der Waals surface area (Å²) in [4.78, 5) is 12.8. The molecule has 1 amide bonds. The van der Waals surface area contributed by atoms with Gasteiger partial charge < -0.3 is 10.1 Å². The molecular formula is C22H22N2O4S. The zero-order chi connectivity index (χ0) is 20.3. The molecule has 1 N–H and O–H groups in total. The van der Waals surface area contributed by atoms with E-state index in [1.165, 1.54) is 10.4 Å². The van der Waals surface area contributed by atoms with Crippen LogP contribution in [0.1, 0.15) is 5.56 Å². The molecule has 1 heterocycles. The van der Waals surface area contributed by atoms with E-state index in [-0.39, 0.29) is 17.2 Å². The first kappa shape index (κ1) is 19.6. The molecule has 3 aromatic carbocycles. The van der Waals surface area contributed by atoms with Crippen LogP contribution in [0.4, 0.5) is 5.69 Å². The summed E-state index contributed by atoms with van der Waals surface area (Å²) in [6.45, 7) is 1.45. The summed E-state index contributed by atoms with van der Waals surface area (Å²) in [6, 6.07) is 20.2. The quantitative estimate of drug-likeness (QED) is 0.702. The summed E-state index contributed by atoms with van der Waals surface area (Å²) < 4.78 is 32.3. The summed E-state index contributed by atoms with van der Waals surface area (Å²) in [5.74, 6) is -0.192. The number of sulfonamides is 1. The van der Waals surface area contributed by atoms with Gasteiger partial charge in [-0.1, -0.05) is 48.5 Å². The molecular weight excluding hydrogens is 388 g/mol. The van der Waals surface area contributed by atoms with Crippen molar-refractivity contribution in [2.45, 2.75) is 11.3 Å². The fourth-order valence-corrected chi connectivity index (χ4v) is 4.95. The molecule has 7 heteroatoms. The predicted octanol–water partition coefficient (Wildman–Crippen LogP) is 3.04. The second-order valence-electron chi connectivity index (χ2n) is 6.91. The monoisotopic (exact) mass is 410 g/mol. The first-order valence-electron chi connectivity index (χ1n) is 9.48. The molecule has 0 saturated carbocycles. The number of carbonyl (C=O) groups excluding carboxylic acids is 1. The molecule has 0 bridgehead atoms. The highest BCUT2D eigenvalue weighted by Crippen LogP contribution is 2.22. The van der Waals surface area contributed by atoms with Crippen molar-refractivity contribution in [3.63, 3.8) is 0 Å². The summed E-state index contributed by atoms with van der Waals surface area (Å²) in [7, 11) is -3.61. The van der Waals surface area contributed by atoms with Gasteiger partial charge in [-0.05, 0) is 34.5 Å². The standard InChI is InChI=1S/C22H22N2O4S/c25-22(15-18-7-3-6-17-5-1-2-10-21(17)18)23-19-8-4-9-20(16-19)29(26,27)24-11-13-28-14-12-24/h1-10,16H,11-15H2,(H,23,25). The summed E-state index contributed by atoms with van der Waals surface area (Å²) in [6.07, 6.45) is 0.210. The van der Waals surface area contributed by atoms with Gasteiger partial charge in [0, 0.05) is 18.8 Å². The lowest BCUT2D eigenvalue weighted by atomic mass is 10.0. The van der Waals surface area contributed by atoms with Gasteiger partial charge in [-0.2, -0.15) is 4.31 Å². The summed E-state index contributed by atoms with van der Waals surface area (Å²) in [5.41, 5.74) is 1.39. The highest BCUT2D eigenvalue weighted by molar-refractivity contribution is 7.89. The molecule has 6 nitrogen and oxygen atoms in total. The summed E-state index contributed by atoms with van der Waals surface area (Å²) >= 11 is 0. The third-order valence-electron chi connectivity index (χ3n) is 4.96. The van der Waals surface area contributed by atoms with Crippen LogP contribution in [0.3, 0.4) is 0 Å². The van der Waals surface area contributed by atoms with Crippen LogP contribution in [0.2, 0.25) is 0 Å². The van der Waals surface area contributed by atoms with Crippen LogP contribution in [-0.4, -0.2) is 44.9 Å². The van der Waals surface area contributed by atoms with Gasteiger partial charge in [-0.15, -0.1) is 0 Å². The van der Waals surface area contributed by atoms with Crippen LogP contribution < -0.4 is 5.32 Å². The number of fused-ring (bicyclic) bond motifs is 1. The lowest BCUT2D eigenvalue weighted by Crippen LogP contribution is -2.40. The molecule has 3 aromatic rings. The molecule has 0 spiro atoms. The van der Waals surface area contributed by atoms with E-state index in [1.807, 2.05) is 42.5 Å². The lowest BCUT2D eigenvalue weighted by Gasteiger charge is -2.26. The molecule has 1 saturated heterocycles. The van der Waals surface area contributed by atoms with Crippen molar-refractivity contribution in [1.29, 1.82) is 0 Å². The number of nitrogens with zero attached hydrogens (tertiary/aromatic N) is 1. The Balaban J connectivity index is 1.51. The largest absolute Gasteiger partial charge is 0.379 e. The molecule has 0 aromatic heterocycles. The minimum atomic E-state index is -3.61. The molecule has 0 radical (unpaired) electrons. The number of hydrogen-bond acceptors (Lipinski definition) is 4. The van der Waals surface area contributed by atoms with Crippen molar-refractivity contribution < 1.29 is 17.9 Å². The maximum atomic E-state index is 12.8. The van der Waals surface area contributed by atoms with Crippen LogP contribution in [-0.2, 0) is 26.0 Å². The van der Waals surface area contributed by atoms with Gasteiger partial charge in [0.15, 0.2) is 0 Å². The van der Waals surface area contributed by atoms with E-state index in [9.17, 15) is 13.2 Å². The predicted molar refractivity (Wildman–Crippen MR) is 112 cm³/mol. The van der Waals surface area contributed by atoms with E-state index >= 15 is 0 Å². The fourth-order valence-electron chi connectivity index (χ4n) is 3.50. The van der Waals surface area contributed by atoms with Gasteiger partial charge in [-0.3, -0.25) is 4.79 Å². The Hall–Kier alpha value is -2.74. The fraction of sp³-hybridized carbons (Fsp3) is 0.227. The SMILES string of the molecule is O=C(Cc1cccc2ccccc12)Nc1cccc(S(=O)(=O)N2CCOCC2)c1. The Labute approximate surface area is 170 Å². The lowest BCUT2D eigenvalue weighted by molar-refractivity contribution is -0.115. The first-order valence-corrected chi connectivity index (χ1v) is 10.9. The van der Waals surface area contributed by atoms with Crippen molar-refractivity contribution in [2.24, 2.45) is 0 Å². The molecule has 1 aliphatic heterocycles. The van der Waals surface area contributed by atoms with Crippen LogP contribution in [0.5, 0.6) is 0 Å². The topological polar surface area (TPSA) is 75.7 Å². The van der Waals surface area contributed by atoms with E-state index in [0.717, 1.165) is 16.3 Å². The second-order valence-corrected chi connectivity index (χ2v) is 8.85. The Morgan fingerprint density at radius 2 is 1.69 bits per heavy atom. The third-order valence-corrected chi connectivity index (χ3v) is 6.85. The average molecular weight is 410 g/mol. The van der Waals surface area contributed by atoms with Crippen molar-refractivity contribution >= 4 is 32.4 Å². The number of morpholine rings is 1. The van der Waals surface area contributed by atoms with Gasteiger partial charge in [0.25, 0.3) is 0 Å². The van der Waals surface area contributed by atoms with Gasteiger partial charge in [0.2, 0.25) is 15.9 Å². The molecule has 4 rings (SSSR count). The van der Waals surface area contributed by atoms with E-state index < -0.39 is 10.0 Å². The van der Waals surface area contributed by atoms with Gasteiger partial charge >= 0.3 is 0 Å². The highest BCUT2D eigenvalue weighted by atomic mass is 32.2. The van der Waals surface area contributed by atoms with Gasteiger partial charge in [0.05, 0.1) is 24.5 Å². The Bertz CT molecular complexity index is 1130. The minimum Gasteiger partial charge on any atom is -0.379 e. The van der Waals surface area contributed by atoms with E-state index in [2.05, 4.69) is 5.32 Å². The third kappa shape index (κ3) is 4.32. The molecule has 29 heavy (non-hydrogen) atoms. The Morgan fingerprint density at radius 1 is 0.966 bits per heavy atom. The summed E-state index contributed by atoms with van der Waals surface area (Å²) in [5, 5.41) is 4.94. The molecule has 1 aliphatic rings. The normalized spacial score (nSPS) is 15.3. The van der Waals surface area contributed by atoms with Crippen LogP contribution in [0.25, 0.3) is 10.8 Å². The minimum absolute atomic E-state index is 0.169. The number of nitrogens with one attached hydrogen (secondary N) is 1. The number of hydrogen-bond donors (Lipinski definition) is 1. The molecule has 1 fully saturated rings. The second kappa shape index (κ2) is 8.32. The number of rotatable bonds is 5. The zero-order valence-electron chi connectivity index (χ0n) is 15.9. The maximum Gasteiger partial charge on any atom is 0.243 e. The van der Waals surface area contributed by atoms with Crippen molar-refractivity contribution in [1.82, 2.24) is 4.31 Å². The molecule has 0 unspecified atom stereocenters. The Kier molecular flexibility index (Phi) is 5.62. The van der Waals surface area contributed by atoms with E-state index in [4.69, 9.17) is 4.74 Å². The van der Waals surface area contributed by atoms with E-state index in [0.29, 0.717) is 32.0 Å². The average Bonchev–Trinajstić information content (AvgIpc) is 2.75. The number of anilines is 1. The molecule has 0 atom stereocenters. The maximum absolute atomic E-state index is 12.8. The molecule has 0 aliphatic carbocycles. The van der Waals surface area contributed by atoms with Crippen LogP contribution in [0.15, 0.2) is 71.6 Å². The van der Waals surface area contributed by atoms with E-state index in [1.54, 1.807) is 18.2 Å². The van der Waals surface area contributed by atoms with Crippen molar-refractivity contribution in [3.8, 4) is 0 Å². The number of amides is 1. The van der Waals surface area contributed by atoms with Crippen LogP contribution >= 0.6 is 0 Å². The van der Waals surface area contributed by atoms with Gasteiger partial charge in [0.1, 0.15) is 0 Å². The smallest absolute Gasteiger partial charge is 0.243 e. The first-order chi connectivity index (χ1) is 14.0. The van der Waals surface area contributed by atoms with Crippen molar-refractivity contribution in [3.05, 3.63) is 72.3 Å². The highest BCUT2D eigenvalue weighted by Gasteiger charge is 2.26. The molecule has 150 valence electrons. The number of benzene rings is 3. The van der Waals surface area contributed by atoms with Gasteiger partial charge in [-0.25, -0.2) is 8.42 Å². The zero-order valence-corrected chi connectivity index (χ0v) is 16.7. The van der Waals surface area contributed by atoms with Crippen LogP contribution in [0, 0.1) is 0 Å².